The van der Waals surface area contributed by atoms with Gasteiger partial charge in [-0.25, -0.2) is 14.7 Å². The lowest BCUT2D eigenvalue weighted by molar-refractivity contribution is -0.389. The second-order valence-electron chi connectivity index (χ2n) is 8.38. The summed E-state index contributed by atoms with van der Waals surface area (Å²) in [5.41, 5.74) is 0.227. The minimum absolute atomic E-state index is 0.0797. The first-order valence-electron chi connectivity index (χ1n) is 11.0. The average Bonchev–Trinajstić information content (AvgIpc) is 3.22. The molecule has 36 heavy (non-hydrogen) atoms. The fourth-order valence-electron chi connectivity index (χ4n) is 2.80. The minimum Gasteiger partial charge on any atom is -0.468 e. The van der Waals surface area contributed by atoms with Gasteiger partial charge in [0.1, 0.15) is 21.9 Å². The number of hydrogen-bond donors (Lipinski definition) is 0. The number of carbonyl (C=O) groups excluding carboxylic acids is 1. The second kappa shape index (κ2) is 11.6. The van der Waals surface area contributed by atoms with Crippen LogP contribution in [0, 0.1) is 22.0 Å². The molecule has 0 aliphatic heterocycles. The van der Waals surface area contributed by atoms with Crippen LogP contribution in [0.2, 0.25) is 0 Å². The van der Waals surface area contributed by atoms with Crippen molar-refractivity contribution in [3.63, 3.8) is 0 Å². The van der Waals surface area contributed by atoms with Gasteiger partial charge in [0, 0.05) is 19.7 Å². The zero-order valence-electron chi connectivity index (χ0n) is 20.6. The summed E-state index contributed by atoms with van der Waals surface area (Å²) < 4.78 is 16.9. The van der Waals surface area contributed by atoms with E-state index in [2.05, 4.69) is 21.8 Å². The Kier molecular flexibility index (Phi) is 8.58. The SMILES string of the molecule is CCOCOc1ccc2nc(/C=C/C#Cc3ccc(N(C)C(=O)OC(C)(C)C)nc3[N+](=O)[O-])sc2c1. The number of nitro groups is 1. The first-order chi connectivity index (χ1) is 17.1. The smallest absolute Gasteiger partial charge is 0.417 e. The third-order valence-electron chi connectivity index (χ3n) is 4.45. The maximum absolute atomic E-state index is 12.3. The summed E-state index contributed by atoms with van der Waals surface area (Å²) in [5.74, 6) is 5.84. The molecule has 0 bridgehead atoms. The van der Waals surface area contributed by atoms with Crippen LogP contribution in [-0.4, -0.2) is 47.0 Å². The van der Waals surface area contributed by atoms with Crippen LogP contribution in [0.25, 0.3) is 16.3 Å². The quantitative estimate of drug-likeness (QED) is 0.136. The van der Waals surface area contributed by atoms with Crippen LogP contribution in [0.1, 0.15) is 38.3 Å². The fraction of sp³-hybridized carbons (Fsp3) is 0.320. The number of hydrogen-bond acceptors (Lipinski definition) is 9. The number of anilines is 1. The van der Waals surface area contributed by atoms with E-state index in [1.54, 1.807) is 32.9 Å². The number of benzene rings is 1. The first kappa shape index (κ1) is 26.6. The lowest BCUT2D eigenvalue weighted by Crippen LogP contribution is -2.34. The summed E-state index contributed by atoms with van der Waals surface area (Å²) in [6, 6.07) is 8.50. The molecular formula is C25H26N4O6S. The van der Waals surface area contributed by atoms with E-state index >= 15 is 0 Å². The number of rotatable bonds is 7. The Bertz CT molecular complexity index is 1350. The van der Waals surface area contributed by atoms with Crippen LogP contribution in [0.5, 0.6) is 5.75 Å². The molecule has 0 saturated carbocycles. The highest BCUT2D eigenvalue weighted by molar-refractivity contribution is 7.19. The summed E-state index contributed by atoms with van der Waals surface area (Å²) in [5, 5.41) is 12.3. The van der Waals surface area contributed by atoms with E-state index in [1.165, 1.54) is 30.5 Å². The van der Waals surface area contributed by atoms with Crippen molar-refractivity contribution in [2.45, 2.75) is 33.3 Å². The van der Waals surface area contributed by atoms with Crippen LogP contribution < -0.4 is 9.64 Å². The van der Waals surface area contributed by atoms with E-state index < -0.39 is 22.4 Å². The Balaban J connectivity index is 1.75. The summed E-state index contributed by atoms with van der Waals surface area (Å²) in [6.45, 7) is 7.83. The van der Waals surface area contributed by atoms with E-state index in [1.807, 2.05) is 25.1 Å². The van der Waals surface area contributed by atoms with Gasteiger partial charge in [-0.3, -0.25) is 0 Å². The Morgan fingerprint density at radius 2 is 2.03 bits per heavy atom. The largest absolute Gasteiger partial charge is 0.468 e. The number of fused-ring (bicyclic) bond motifs is 1. The number of aromatic nitrogens is 2. The van der Waals surface area contributed by atoms with Crippen LogP contribution in [0.15, 0.2) is 36.4 Å². The van der Waals surface area contributed by atoms with Gasteiger partial charge in [-0.15, -0.1) is 11.3 Å². The number of ether oxygens (including phenoxy) is 3. The Hall–Kier alpha value is -4.01. The molecule has 3 rings (SSSR count). The van der Waals surface area contributed by atoms with Gasteiger partial charge >= 0.3 is 11.9 Å². The Labute approximate surface area is 212 Å². The molecule has 2 aromatic heterocycles. The molecular weight excluding hydrogens is 484 g/mol. The van der Waals surface area contributed by atoms with Crippen LogP contribution >= 0.6 is 11.3 Å². The number of nitrogens with zero attached hydrogens (tertiary/aromatic N) is 4. The molecule has 188 valence electrons. The van der Waals surface area contributed by atoms with Crippen molar-refractivity contribution >= 4 is 45.4 Å². The molecule has 0 radical (unpaired) electrons. The lowest BCUT2D eigenvalue weighted by Gasteiger charge is -2.22. The highest BCUT2D eigenvalue weighted by Crippen LogP contribution is 2.27. The first-order valence-corrected chi connectivity index (χ1v) is 11.8. The van der Waals surface area contributed by atoms with Gasteiger partial charge in [-0.05, 0) is 74.0 Å². The van der Waals surface area contributed by atoms with Crippen molar-refractivity contribution in [1.82, 2.24) is 9.97 Å². The van der Waals surface area contributed by atoms with E-state index in [0.717, 1.165) is 20.1 Å². The molecule has 0 N–H and O–H groups in total. The van der Waals surface area contributed by atoms with Gasteiger partial charge in [0.25, 0.3) is 5.82 Å². The van der Waals surface area contributed by atoms with Crippen molar-refractivity contribution in [1.29, 1.82) is 0 Å². The van der Waals surface area contributed by atoms with E-state index in [4.69, 9.17) is 14.2 Å². The Morgan fingerprint density at radius 3 is 2.72 bits per heavy atom. The molecule has 2 heterocycles. The highest BCUT2D eigenvalue weighted by Gasteiger charge is 2.25. The fourth-order valence-corrected chi connectivity index (χ4v) is 3.69. The monoisotopic (exact) mass is 510 g/mol. The van der Waals surface area contributed by atoms with E-state index in [0.29, 0.717) is 12.4 Å². The molecule has 0 unspecified atom stereocenters. The predicted octanol–water partition coefficient (Wildman–Crippen LogP) is 5.41. The molecule has 0 aliphatic rings. The molecule has 1 amide bonds. The molecule has 0 spiro atoms. The molecule has 0 fully saturated rings. The summed E-state index contributed by atoms with van der Waals surface area (Å²) in [6.07, 6.45) is 2.62. The topological polar surface area (TPSA) is 117 Å². The standard InChI is InChI=1S/C25H26N4O6S/c1-6-33-16-34-18-12-13-19-20(15-18)36-22(26-19)10-8-7-9-17-11-14-21(27-23(17)29(31)32)28(5)24(30)35-25(2,3)4/h8,10-15H,6,16H2,1-5H3/b10-8+. The van der Waals surface area contributed by atoms with E-state index in [9.17, 15) is 14.9 Å². The molecule has 0 aliphatic carbocycles. The lowest BCUT2D eigenvalue weighted by atomic mass is 10.2. The average molecular weight is 511 g/mol. The van der Waals surface area contributed by atoms with Crippen molar-refractivity contribution in [3.05, 3.63) is 57.1 Å². The second-order valence-corrected chi connectivity index (χ2v) is 9.44. The van der Waals surface area contributed by atoms with Gasteiger partial charge in [0.15, 0.2) is 6.79 Å². The molecule has 0 saturated heterocycles. The maximum atomic E-state index is 12.3. The van der Waals surface area contributed by atoms with E-state index in [-0.39, 0.29) is 18.2 Å². The van der Waals surface area contributed by atoms with Crippen LogP contribution in [-0.2, 0) is 9.47 Å². The van der Waals surface area contributed by atoms with Gasteiger partial charge in [0.2, 0.25) is 0 Å². The normalized spacial score (nSPS) is 11.2. The number of pyridine rings is 1. The van der Waals surface area contributed by atoms with Crippen LogP contribution in [0.4, 0.5) is 16.4 Å². The zero-order valence-corrected chi connectivity index (χ0v) is 21.4. The van der Waals surface area contributed by atoms with Gasteiger partial charge < -0.3 is 24.3 Å². The summed E-state index contributed by atoms with van der Waals surface area (Å²) in [7, 11) is 1.43. The third-order valence-corrected chi connectivity index (χ3v) is 5.43. The van der Waals surface area contributed by atoms with Gasteiger partial charge in [0.05, 0.1) is 10.2 Å². The summed E-state index contributed by atoms with van der Waals surface area (Å²) >= 11 is 1.46. The van der Waals surface area contributed by atoms with Gasteiger partial charge in [-0.1, -0.05) is 11.8 Å². The van der Waals surface area contributed by atoms with Gasteiger partial charge in [-0.2, -0.15) is 0 Å². The molecule has 3 aromatic rings. The van der Waals surface area contributed by atoms with Crippen molar-refractivity contribution in [3.8, 4) is 17.6 Å². The zero-order chi connectivity index (χ0) is 26.3. The molecule has 10 nitrogen and oxygen atoms in total. The van der Waals surface area contributed by atoms with Crippen molar-refractivity contribution < 1.29 is 23.9 Å². The molecule has 0 atom stereocenters. The third kappa shape index (κ3) is 7.24. The molecule has 1 aromatic carbocycles. The Morgan fingerprint density at radius 1 is 1.25 bits per heavy atom. The maximum Gasteiger partial charge on any atom is 0.417 e. The van der Waals surface area contributed by atoms with Crippen LogP contribution in [0.3, 0.4) is 0 Å². The number of thiazole rings is 1. The predicted molar refractivity (Wildman–Crippen MR) is 138 cm³/mol. The highest BCUT2D eigenvalue weighted by atomic mass is 32.1. The number of amides is 1. The number of carbonyl (C=O) groups is 1. The van der Waals surface area contributed by atoms with Crippen molar-refractivity contribution in [2.24, 2.45) is 0 Å². The molecule has 11 heteroatoms. The van der Waals surface area contributed by atoms with Crippen molar-refractivity contribution in [2.75, 3.05) is 25.3 Å². The minimum atomic E-state index is -0.710. The summed E-state index contributed by atoms with van der Waals surface area (Å²) in [4.78, 5) is 32.8. The number of allylic oxidation sites excluding steroid dienone is 1.